The summed E-state index contributed by atoms with van der Waals surface area (Å²) in [5, 5.41) is 2.88. The summed E-state index contributed by atoms with van der Waals surface area (Å²) < 4.78 is 34.7. The van der Waals surface area contributed by atoms with Crippen molar-refractivity contribution in [2.75, 3.05) is 16.7 Å². The number of carbonyl (C=O) groups excluding carboxylic acids is 1. The van der Waals surface area contributed by atoms with Gasteiger partial charge in [0.2, 0.25) is 0 Å². The fourth-order valence-corrected chi connectivity index (χ4v) is 5.90. The molecule has 0 saturated heterocycles. The number of aryl methyl sites for hydroxylation is 2. The molecule has 0 radical (unpaired) electrons. The van der Waals surface area contributed by atoms with Crippen LogP contribution in [0.2, 0.25) is 0 Å². The van der Waals surface area contributed by atoms with Crippen LogP contribution in [0.3, 0.4) is 0 Å². The molecule has 0 spiro atoms. The lowest BCUT2D eigenvalue weighted by Gasteiger charge is -2.25. The summed E-state index contributed by atoms with van der Waals surface area (Å²) in [6.07, 6.45) is 0. The summed E-state index contributed by atoms with van der Waals surface area (Å²) >= 11 is 3.38. The number of amides is 1. The van der Waals surface area contributed by atoms with Crippen molar-refractivity contribution in [3.63, 3.8) is 0 Å². The van der Waals surface area contributed by atoms with Crippen LogP contribution in [0.1, 0.15) is 27.0 Å². The molecule has 0 fully saturated rings. The van der Waals surface area contributed by atoms with Crippen molar-refractivity contribution >= 4 is 43.2 Å². The molecule has 0 bridgehead atoms. The Morgan fingerprint density at radius 2 is 1.46 bits per heavy atom. The van der Waals surface area contributed by atoms with E-state index in [4.69, 9.17) is 4.74 Å². The molecule has 0 unspecified atom stereocenters. The van der Waals surface area contributed by atoms with Crippen molar-refractivity contribution in [1.29, 1.82) is 0 Å². The van der Waals surface area contributed by atoms with Gasteiger partial charge in [0, 0.05) is 11.3 Å². The van der Waals surface area contributed by atoms with Gasteiger partial charge in [0.05, 0.1) is 28.7 Å². The number of hydrogen-bond donors (Lipinski definition) is 1. The molecule has 8 heteroatoms. The summed E-state index contributed by atoms with van der Waals surface area (Å²) in [4.78, 5) is 12.8. The van der Waals surface area contributed by atoms with Crippen LogP contribution in [0.5, 0.6) is 5.75 Å². The summed E-state index contributed by atoms with van der Waals surface area (Å²) in [5.74, 6) is 0.307. The molecule has 0 heterocycles. The van der Waals surface area contributed by atoms with Gasteiger partial charge in [0.25, 0.3) is 15.9 Å². The number of rotatable bonds is 8. The van der Waals surface area contributed by atoms with Gasteiger partial charge in [-0.1, -0.05) is 47.5 Å². The Balaban J connectivity index is 1.61. The minimum atomic E-state index is -3.91. The van der Waals surface area contributed by atoms with Gasteiger partial charge in [-0.25, -0.2) is 8.42 Å². The first-order valence-electron chi connectivity index (χ1n) is 11.6. The van der Waals surface area contributed by atoms with Crippen molar-refractivity contribution < 1.29 is 17.9 Å². The Morgan fingerprint density at radius 1 is 0.865 bits per heavy atom. The predicted octanol–water partition coefficient (Wildman–Crippen LogP) is 6.72. The van der Waals surface area contributed by atoms with Crippen LogP contribution in [0.15, 0.2) is 100 Å². The smallest absolute Gasteiger partial charge is 0.264 e. The van der Waals surface area contributed by atoms with Crippen molar-refractivity contribution in [2.24, 2.45) is 0 Å². The molecule has 0 saturated carbocycles. The van der Waals surface area contributed by atoms with Gasteiger partial charge in [-0.2, -0.15) is 0 Å². The van der Waals surface area contributed by atoms with Crippen LogP contribution in [0.25, 0.3) is 0 Å². The van der Waals surface area contributed by atoms with Gasteiger partial charge in [-0.3, -0.25) is 9.10 Å². The van der Waals surface area contributed by atoms with Crippen LogP contribution in [0, 0.1) is 13.8 Å². The highest BCUT2D eigenvalue weighted by Crippen LogP contribution is 2.32. The molecule has 1 N–H and O–H groups in total. The van der Waals surface area contributed by atoms with E-state index in [1.165, 1.54) is 23.5 Å². The molecule has 0 aliphatic heterocycles. The zero-order chi connectivity index (χ0) is 26.6. The largest absolute Gasteiger partial charge is 0.496 e. The highest BCUT2D eigenvalue weighted by Gasteiger charge is 2.26. The van der Waals surface area contributed by atoms with Gasteiger partial charge in [0.15, 0.2) is 0 Å². The van der Waals surface area contributed by atoms with Gasteiger partial charge >= 0.3 is 0 Å². The summed E-state index contributed by atoms with van der Waals surface area (Å²) in [6, 6.07) is 26.5. The molecule has 4 rings (SSSR count). The third-order valence-electron chi connectivity index (χ3n) is 5.88. The molecular formula is C29H27BrN2O4S. The number of anilines is 2. The highest BCUT2D eigenvalue weighted by molar-refractivity contribution is 9.10. The Kier molecular flexibility index (Phi) is 8.00. The zero-order valence-electron chi connectivity index (χ0n) is 20.7. The number of halogens is 1. The second-order valence-corrected chi connectivity index (χ2v) is 11.4. The minimum absolute atomic E-state index is 0.0922. The van der Waals surface area contributed by atoms with Crippen molar-refractivity contribution in [2.45, 2.75) is 25.3 Å². The normalized spacial score (nSPS) is 11.1. The summed E-state index contributed by atoms with van der Waals surface area (Å²) in [7, 11) is -2.39. The zero-order valence-corrected chi connectivity index (χ0v) is 23.1. The van der Waals surface area contributed by atoms with Gasteiger partial charge in [0.1, 0.15) is 5.75 Å². The third kappa shape index (κ3) is 6.21. The fraction of sp³-hybridized carbons (Fsp3) is 0.138. The van der Waals surface area contributed by atoms with Crippen LogP contribution >= 0.6 is 15.9 Å². The molecular weight excluding hydrogens is 552 g/mol. The van der Waals surface area contributed by atoms with Crippen molar-refractivity contribution in [1.82, 2.24) is 0 Å². The molecule has 6 nitrogen and oxygen atoms in total. The number of ether oxygens (including phenoxy) is 1. The lowest BCUT2D eigenvalue weighted by atomic mass is 10.1. The monoisotopic (exact) mass is 578 g/mol. The van der Waals surface area contributed by atoms with Gasteiger partial charge in [-0.15, -0.1) is 0 Å². The first-order chi connectivity index (χ1) is 17.7. The van der Waals surface area contributed by atoms with E-state index in [0.717, 1.165) is 16.7 Å². The summed E-state index contributed by atoms with van der Waals surface area (Å²) in [6.45, 7) is 4.02. The maximum absolute atomic E-state index is 13.8. The standard InChI is InChI=1S/C29H27BrN2O4S/c1-20-4-12-24(13-5-20)31-29(33)23-10-8-22(9-11-23)19-32(25-14-6-21(2)7-15-25)37(34,35)26-16-17-28(36-3)27(30)18-26/h4-18H,19H2,1-3H3,(H,31,33). The fourth-order valence-electron chi connectivity index (χ4n) is 3.73. The van der Waals surface area contributed by atoms with Crippen molar-refractivity contribution in [3.05, 3.63) is 118 Å². The first-order valence-corrected chi connectivity index (χ1v) is 13.8. The number of benzene rings is 4. The Hall–Kier alpha value is -3.62. The van der Waals surface area contributed by atoms with Crippen LogP contribution in [0.4, 0.5) is 11.4 Å². The lowest BCUT2D eigenvalue weighted by Crippen LogP contribution is -2.30. The number of nitrogens with zero attached hydrogens (tertiary/aromatic N) is 1. The average molecular weight is 580 g/mol. The minimum Gasteiger partial charge on any atom is -0.496 e. The van der Waals surface area contributed by atoms with E-state index < -0.39 is 10.0 Å². The van der Waals surface area contributed by atoms with E-state index in [9.17, 15) is 13.2 Å². The second kappa shape index (κ2) is 11.2. The van der Waals surface area contributed by atoms with Gasteiger partial charge < -0.3 is 10.1 Å². The molecule has 0 atom stereocenters. The molecule has 37 heavy (non-hydrogen) atoms. The lowest BCUT2D eigenvalue weighted by molar-refractivity contribution is 0.102. The number of nitrogens with one attached hydrogen (secondary N) is 1. The Labute approximate surface area is 226 Å². The maximum atomic E-state index is 13.8. The molecule has 1 amide bonds. The van der Waals surface area contributed by atoms with E-state index >= 15 is 0 Å². The van der Waals surface area contributed by atoms with Crippen LogP contribution < -0.4 is 14.4 Å². The second-order valence-electron chi connectivity index (χ2n) is 8.66. The quantitative estimate of drug-likeness (QED) is 0.252. The highest BCUT2D eigenvalue weighted by atomic mass is 79.9. The third-order valence-corrected chi connectivity index (χ3v) is 8.27. The SMILES string of the molecule is COc1ccc(S(=O)(=O)N(Cc2ccc(C(=O)Nc3ccc(C)cc3)cc2)c2ccc(C)cc2)cc1Br. The molecule has 0 aromatic heterocycles. The van der Waals surface area contributed by atoms with E-state index in [1.807, 2.05) is 50.2 Å². The Morgan fingerprint density at radius 3 is 2.03 bits per heavy atom. The number of methoxy groups -OCH3 is 1. The molecule has 4 aromatic carbocycles. The van der Waals surface area contributed by atoms with E-state index in [2.05, 4.69) is 21.2 Å². The molecule has 4 aromatic rings. The molecule has 0 aliphatic rings. The van der Waals surface area contributed by atoms with Crippen molar-refractivity contribution in [3.8, 4) is 5.75 Å². The predicted molar refractivity (Wildman–Crippen MR) is 151 cm³/mol. The molecule has 0 aliphatic carbocycles. The van der Waals surface area contributed by atoms with E-state index in [1.54, 1.807) is 42.5 Å². The Bertz CT molecular complexity index is 1500. The number of sulfonamides is 1. The number of hydrogen-bond acceptors (Lipinski definition) is 4. The molecule has 190 valence electrons. The number of carbonyl (C=O) groups is 1. The average Bonchev–Trinajstić information content (AvgIpc) is 2.89. The van der Waals surface area contributed by atoms with Crippen LogP contribution in [-0.2, 0) is 16.6 Å². The summed E-state index contributed by atoms with van der Waals surface area (Å²) in [5.41, 5.74) is 4.60. The maximum Gasteiger partial charge on any atom is 0.264 e. The van der Waals surface area contributed by atoms with Crippen LogP contribution in [-0.4, -0.2) is 21.4 Å². The van der Waals surface area contributed by atoms with E-state index in [-0.39, 0.29) is 17.3 Å². The van der Waals surface area contributed by atoms with Gasteiger partial charge in [-0.05, 0) is 89.9 Å². The first kappa shape index (κ1) is 26.4. The topological polar surface area (TPSA) is 75.7 Å². The van der Waals surface area contributed by atoms with E-state index in [0.29, 0.717) is 27.2 Å².